The van der Waals surface area contributed by atoms with Gasteiger partial charge < -0.3 is 0 Å². The summed E-state index contributed by atoms with van der Waals surface area (Å²) >= 11 is 0. The zero-order valence-electron chi connectivity index (χ0n) is 7.79. The third-order valence-corrected chi connectivity index (χ3v) is 1.82. The number of carbonyl (C=O) groups excluding carboxylic acids is 1. The molecule has 1 nitrogen and oxygen atoms in total. The minimum Gasteiger partial charge on any atom is -0.287 e. The Labute approximate surface area is 89.8 Å². The van der Waals surface area contributed by atoms with Crippen LogP contribution in [-0.4, -0.2) is 17.9 Å². The summed E-state index contributed by atoms with van der Waals surface area (Å²) in [5.74, 6) is -11.4. The number of benzene rings is 1. The molecule has 0 aromatic heterocycles. The van der Waals surface area contributed by atoms with Gasteiger partial charge in [-0.3, -0.25) is 4.79 Å². The predicted octanol–water partition coefficient (Wildman–Crippen LogP) is 3.35. The summed E-state index contributed by atoms with van der Waals surface area (Å²) in [7, 11) is 0. The molecule has 17 heavy (non-hydrogen) atoms. The molecule has 0 radical (unpaired) electrons. The molecule has 0 fully saturated rings. The van der Waals surface area contributed by atoms with Gasteiger partial charge in [0.1, 0.15) is 0 Å². The van der Waals surface area contributed by atoms with Crippen LogP contribution >= 0.6 is 0 Å². The Morgan fingerprint density at radius 2 is 1.47 bits per heavy atom. The Balaban J connectivity index is 3.17. The van der Waals surface area contributed by atoms with E-state index in [1.165, 1.54) is 0 Å². The van der Waals surface area contributed by atoms with Crippen molar-refractivity contribution in [3.8, 4) is 0 Å². The number of rotatable bonds is 2. The van der Waals surface area contributed by atoms with Crippen LogP contribution in [0.5, 0.6) is 0 Å². The molecule has 0 saturated carbocycles. The highest BCUT2D eigenvalue weighted by Gasteiger charge is 2.63. The van der Waals surface area contributed by atoms with E-state index in [0.29, 0.717) is 6.07 Å². The Morgan fingerprint density at radius 1 is 0.941 bits per heavy atom. The van der Waals surface area contributed by atoms with Crippen molar-refractivity contribution in [3.05, 3.63) is 35.4 Å². The van der Waals surface area contributed by atoms with Crippen LogP contribution in [0.25, 0.3) is 0 Å². The fourth-order valence-corrected chi connectivity index (χ4v) is 0.947. The number of hydrogen-bond acceptors (Lipinski definition) is 1. The Bertz CT molecular complexity index is 449. The van der Waals surface area contributed by atoms with Gasteiger partial charge in [-0.05, 0) is 18.2 Å². The van der Waals surface area contributed by atoms with Crippen LogP contribution in [0, 0.1) is 11.6 Å². The van der Waals surface area contributed by atoms with Gasteiger partial charge in [0.05, 0.1) is 0 Å². The zero-order valence-corrected chi connectivity index (χ0v) is 7.79. The molecule has 0 saturated heterocycles. The van der Waals surface area contributed by atoms with Crippen molar-refractivity contribution in [2.75, 3.05) is 0 Å². The highest BCUT2D eigenvalue weighted by atomic mass is 19.4. The summed E-state index contributed by atoms with van der Waals surface area (Å²) in [6, 6.07) is 0.618. The Kier molecular flexibility index (Phi) is 3.17. The molecule has 0 unspecified atom stereocenters. The molecular formula is C9H3F7O. The van der Waals surface area contributed by atoms with E-state index < -0.39 is 35.1 Å². The lowest BCUT2D eigenvalue weighted by Crippen LogP contribution is -2.44. The maximum absolute atomic E-state index is 12.6. The standard InChI is InChI=1S/C9H3F7O/c10-5-2-1-4(3-6(5)11)7(17)8(12,13)9(14,15)16/h1-3H. The van der Waals surface area contributed by atoms with Crippen molar-refractivity contribution in [1.29, 1.82) is 0 Å². The zero-order chi connectivity index (χ0) is 13.4. The van der Waals surface area contributed by atoms with E-state index in [1.807, 2.05) is 0 Å². The van der Waals surface area contributed by atoms with E-state index in [-0.39, 0.29) is 12.1 Å². The number of Topliss-reactive ketones (excluding diaryl/α,β-unsaturated/α-hetero) is 1. The van der Waals surface area contributed by atoms with Gasteiger partial charge in [-0.1, -0.05) is 0 Å². The first kappa shape index (κ1) is 13.5. The average molecular weight is 260 g/mol. The summed E-state index contributed by atoms with van der Waals surface area (Å²) in [4.78, 5) is 10.8. The van der Waals surface area contributed by atoms with E-state index in [2.05, 4.69) is 0 Å². The second-order valence-corrected chi connectivity index (χ2v) is 3.03. The molecular weight excluding hydrogens is 257 g/mol. The minimum absolute atomic E-state index is 0.0166. The average Bonchev–Trinajstić information content (AvgIpc) is 2.19. The van der Waals surface area contributed by atoms with Gasteiger partial charge in [-0.2, -0.15) is 22.0 Å². The third kappa shape index (κ3) is 2.40. The monoisotopic (exact) mass is 260 g/mol. The molecule has 0 amide bonds. The minimum atomic E-state index is -6.09. The highest BCUT2D eigenvalue weighted by Crippen LogP contribution is 2.38. The fourth-order valence-electron chi connectivity index (χ4n) is 0.947. The van der Waals surface area contributed by atoms with Crippen molar-refractivity contribution in [3.63, 3.8) is 0 Å². The molecule has 0 spiro atoms. The van der Waals surface area contributed by atoms with Gasteiger partial charge in [-0.15, -0.1) is 0 Å². The SMILES string of the molecule is O=C(c1ccc(F)c(F)c1)C(F)(F)C(F)(F)F. The number of halogens is 7. The molecule has 94 valence electrons. The van der Waals surface area contributed by atoms with Gasteiger partial charge >= 0.3 is 12.1 Å². The molecule has 0 atom stereocenters. The van der Waals surface area contributed by atoms with E-state index in [9.17, 15) is 35.5 Å². The number of hydrogen-bond donors (Lipinski definition) is 0. The Hall–Kier alpha value is -1.60. The fraction of sp³-hybridized carbons (Fsp3) is 0.222. The summed E-state index contributed by atoms with van der Waals surface area (Å²) in [6.07, 6.45) is -6.09. The topological polar surface area (TPSA) is 17.1 Å². The summed E-state index contributed by atoms with van der Waals surface area (Å²) in [6.45, 7) is 0. The van der Waals surface area contributed by atoms with Crippen LogP contribution in [0.1, 0.15) is 10.4 Å². The van der Waals surface area contributed by atoms with Crippen molar-refractivity contribution in [2.24, 2.45) is 0 Å². The summed E-state index contributed by atoms with van der Waals surface area (Å²) < 4.78 is 85.5. The van der Waals surface area contributed by atoms with E-state index >= 15 is 0 Å². The number of ketones is 1. The van der Waals surface area contributed by atoms with Crippen LogP contribution in [0.15, 0.2) is 18.2 Å². The Morgan fingerprint density at radius 3 is 1.88 bits per heavy atom. The molecule has 0 heterocycles. The normalized spacial score (nSPS) is 12.6. The van der Waals surface area contributed by atoms with E-state index in [0.717, 1.165) is 0 Å². The quantitative estimate of drug-likeness (QED) is 0.588. The molecule has 8 heteroatoms. The molecule has 1 aromatic carbocycles. The van der Waals surface area contributed by atoms with Crippen LogP contribution in [0.4, 0.5) is 30.7 Å². The first-order chi connectivity index (χ1) is 7.57. The van der Waals surface area contributed by atoms with Gasteiger partial charge in [0, 0.05) is 5.56 Å². The van der Waals surface area contributed by atoms with Crippen LogP contribution < -0.4 is 0 Å². The molecule has 0 bridgehead atoms. The number of carbonyl (C=O) groups is 1. The largest absolute Gasteiger partial charge is 0.461 e. The molecule has 0 aliphatic rings. The van der Waals surface area contributed by atoms with Gasteiger partial charge in [0.2, 0.25) is 5.78 Å². The molecule has 0 N–H and O–H groups in total. The molecule has 0 aliphatic heterocycles. The molecule has 0 aliphatic carbocycles. The summed E-state index contributed by atoms with van der Waals surface area (Å²) in [5.41, 5.74) is -1.26. The van der Waals surface area contributed by atoms with Gasteiger partial charge in [-0.25, -0.2) is 8.78 Å². The lowest BCUT2D eigenvalue weighted by molar-refractivity contribution is -0.255. The lowest BCUT2D eigenvalue weighted by Gasteiger charge is -2.17. The first-order valence-corrected chi connectivity index (χ1v) is 4.02. The predicted molar refractivity (Wildman–Crippen MR) is 41.7 cm³/mol. The third-order valence-electron chi connectivity index (χ3n) is 1.82. The van der Waals surface area contributed by atoms with Gasteiger partial charge in [0.25, 0.3) is 0 Å². The maximum atomic E-state index is 12.6. The van der Waals surface area contributed by atoms with Crippen LogP contribution in [0.2, 0.25) is 0 Å². The smallest absolute Gasteiger partial charge is 0.287 e. The van der Waals surface area contributed by atoms with Crippen molar-refractivity contribution in [1.82, 2.24) is 0 Å². The van der Waals surface area contributed by atoms with Crippen molar-refractivity contribution < 1.29 is 35.5 Å². The van der Waals surface area contributed by atoms with E-state index in [4.69, 9.17) is 0 Å². The lowest BCUT2D eigenvalue weighted by atomic mass is 10.0. The molecule has 1 aromatic rings. The van der Waals surface area contributed by atoms with Gasteiger partial charge in [0.15, 0.2) is 11.6 Å². The van der Waals surface area contributed by atoms with Crippen molar-refractivity contribution in [2.45, 2.75) is 12.1 Å². The van der Waals surface area contributed by atoms with Crippen LogP contribution in [-0.2, 0) is 0 Å². The highest BCUT2D eigenvalue weighted by molar-refractivity contribution is 6.01. The second-order valence-electron chi connectivity index (χ2n) is 3.03. The summed E-state index contributed by atoms with van der Waals surface area (Å²) in [5, 5.41) is 0. The molecule has 1 rings (SSSR count). The van der Waals surface area contributed by atoms with E-state index in [1.54, 1.807) is 0 Å². The maximum Gasteiger partial charge on any atom is 0.461 e. The van der Waals surface area contributed by atoms with Crippen LogP contribution in [0.3, 0.4) is 0 Å². The first-order valence-electron chi connectivity index (χ1n) is 4.02. The second kappa shape index (κ2) is 4.01. The van der Waals surface area contributed by atoms with Crippen molar-refractivity contribution >= 4 is 5.78 Å². The number of alkyl halides is 5.